The van der Waals surface area contributed by atoms with Crippen molar-refractivity contribution in [1.29, 1.82) is 0 Å². The van der Waals surface area contributed by atoms with E-state index in [1.807, 2.05) is 0 Å². The SMILES string of the molecule is NNc1cc(NCCSC(F)(F)F)nc(N)n1. The Balaban J connectivity index is 2.44. The van der Waals surface area contributed by atoms with Crippen LogP contribution in [0.1, 0.15) is 0 Å². The van der Waals surface area contributed by atoms with Crippen LogP contribution in [0.25, 0.3) is 0 Å². The Kier molecular flexibility index (Phi) is 4.63. The first-order valence-corrected chi connectivity index (χ1v) is 5.45. The van der Waals surface area contributed by atoms with Gasteiger partial charge >= 0.3 is 5.51 Å². The Morgan fingerprint density at radius 2 is 1.94 bits per heavy atom. The van der Waals surface area contributed by atoms with Crippen LogP contribution in [-0.2, 0) is 0 Å². The van der Waals surface area contributed by atoms with E-state index in [0.29, 0.717) is 5.82 Å². The summed E-state index contributed by atoms with van der Waals surface area (Å²) in [6.07, 6.45) is 0. The average Bonchev–Trinajstić information content (AvgIpc) is 2.22. The molecule has 1 rings (SSSR count). The monoisotopic (exact) mass is 268 g/mol. The van der Waals surface area contributed by atoms with Crippen molar-refractivity contribution in [2.45, 2.75) is 5.51 Å². The zero-order valence-corrected chi connectivity index (χ0v) is 9.40. The summed E-state index contributed by atoms with van der Waals surface area (Å²) in [5.74, 6) is 5.57. The van der Waals surface area contributed by atoms with Crippen LogP contribution in [-0.4, -0.2) is 27.8 Å². The highest BCUT2D eigenvalue weighted by Crippen LogP contribution is 2.29. The molecule has 0 atom stereocenters. The quantitative estimate of drug-likeness (QED) is 0.359. The number of rotatable bonds is 5. The third kappa shape index (κ3) is 5.45. The van der Waals surface area contributed by atoms with Crippen LogP contribution in [0.15, 0.2) is 6.07 Å². The molecule has 0 bridgehead atoms. The number of nitrogens with one attached hydrogen (secondary N) is 2. The van der Waals surface area contributed by atoms with Gasteiger partial charge in [0.15, 0.2) is 0 Å². The van der Waals surface area contributed by atoms with Crippen LogP contribution < -0.4 is 22.3 Å². The summed E-state index contributed by atoms with van der Waals surface area (Å²) in [6.45, 7) is 0.102. The van der Waals surface area contributed by atoms with Gasteiger partial charge in [-0.15, -0.1) is 0 Å². The van der Waals surface area contributed by atoms with E-state index in [2.05, 4.69) is 20.7 Å². The van der Waals surface area contributed by atoms with Crippen LogP contribution in [0.2, 0.25) is 0 Å². The number of alkyl halides is 3. The first-order chi connectivity index (χ1) is 7.90. The fourth-order valence-electron chi connectivity index (χ4n) is 0.976. The van der Waals surface area contributed by atoms with Crippen molar-refractivity contribution in [1.82, 2.24) is 9.97 Å². The van der Waals surface area contributed by atoms with Crippen LogP contribution in [0.3, 0.4) is 0 Å². The van der Waals surface area contributed by atoms with Crippen molar-refractivity contribution in [3.63, 3.8) is 0 Å². The second kappa shape index (κ2) is 5.77. The van der Waals surface area contributed by atoms with Crippen molar-refractivity contribution >= 4 is 29.3 Å². The summed E-state index contributed by atoms with van der Waals surface area (Å²) < 4.78 is 35.5. The lowest BCUT2D eigenvalue weighted by atomic mass is 10.5. The van der Waals surface area contributed by atoms with Crippen LogP contribution in [0, 0.1) is 0 Å². The second-order valence-corrected chi connectivity index (χ2v) is 4.02. The highest BCUT2D eigenvalue weighted by Gasteiger charge is 2.27. The number of aromatic nitrogens is 2. The summed E-state index contributed by atoms with van der Waals surface area (Å²) in [4.78, 5) is 7.51. The number of nitrogens with zero attached hydrogens (tertiary/aromatic N) is 2. The number of thioether (sulfide) groups is 1. The first kappa shape index (κ1) is 13.6. The molecular formula is C7H11F3N6S. The Labute approximate surface area is 99.3 Å². The molecule has 0 fully saturated rings. The molecule has 17 heavy (non-hydrogen) atoms. The first-order valence-electron chi connectivity index (χ1n) is 4.46. The van der Waals surface area contributed by atoms with Gasteiger partial charge in [-0.05, 0) is 11.8 Å². The highest BCUT2D eigenvalue weighted by atomic mass is 32.2. The normalized spacial score (nSPS) is 11.3. The molecular weight excluding hydrogens is 257 g/mol. The van der Waals surface area contributed by atoms with E-state index in [-0.39, 0.29) is 35.8 Å². The van der Waals surface area contributed by atoms with Crippen molar-refractivity contribution in [2.75, 3.05) is 28.8 Å². The second-order valence-electron chi connectivity index (χ2n) is 2.86. The minimum absolute atomic E-state index is 0.0218. The summed E-state index contributed by atoms with van der Waals surface area (Å²) in [6, 6.07) is 1.44. The van der Waals surface area contributed by atoms with E-state index in [4.69, 9.17) is 11.6 Å². The van der Waals surface area contributed by atoms with E-state index >= 15 is 0 Å². The summed E-state index contributed by atoms with van der Waals surface area (Å²) in [7, 11) is 0. The van der Waals surface area contributed by atoms with Gasteiger partial charge in [0.05, 0.1) is 0 Å². The van der Waals surface area contributed by atoms with Gasteiger partial charge in [-0.3, -0.25) is 0 Å². The van der Waals surface area contributed by atoms with Crippen LogP contribution in [0.4, 0.5) is 30.8 Å². The molecule has 0 spiro atoms. The van der Waals surface area contributed by atoms with Crippen molar-refractivity contribution in [3.05, 3.63) is 6.07 Å². The summed E-state index contributed by atoms with van der Waals surface area (Å²) in [5, 5.41) is 2.69. The Hall–Kier alpha value is -1.42. The van der Waals surface area contributed by atoms with Crippen molar-refractivity contribution in [2.24, 2.45) is 5.84 Å². The maximum atomic E-state index is 11.8. The molecule has 6 nitrogen and oxygen atoms in total. The fraction of sp³-hybridized carbons (Fsp3) is 0.429. The van der Waals surface area contributed by atoms with Gasteiger partial charge < -0.3 is 16.5 Å². The maximum absolute atomic E-state index is 11.8. The predicted octanol–water partition coefficient (Wildman–Crippen LogP) is 1.01. The molecule has 0 amide bonds. The zero-order chi connectivity index (χ0) is 12.9. The van der Waals surface area contributed by atoms with Gasteiger partial charge in [0, 0.05) is 18.4 Å². The van der Waals surface area contributed by atoms with E-state index in [1.165, 1.54) is 6.07 Å². The van der Waals surface area contributed by atoms with E-state index < -0.39 is 5.51 Å². The maximum Gasteiger partial charge on any atom is 0.441 e. The largest absolute Gasteiger partial charge is 0.441 e. The molecule has 1 aromatic heterocycles. The zero-order valence-electron chi connectivity index (χ0n) is 8.58. The number of hydrogen-bond acceptors (Lipinski definition) is 7. The number of hydrogen-bond donors (Lipinski definition) is 4. The number of nitrogens with two attached hydrogens (primary N) is 2. The average molecular weight is 268 g/mol. The van der Waals surface area contributed by atoms with Crippen LogP contribution >= 0.6 is 11.8 Å². The minimum Gasteiger partial charge on any atom is -0.369 e. The number of halogens is 3. The molecule has 0 saturated heterocycles. The molecule has 0 saturated carbocycles. The Bertz CT molecular complexity index is 371. The molecule has 0 aliphatic carbocycles. The molecule has 0 unspecified atom stereocenters. The van der Waals surface area contributed by atoms with Gasteiger partial charge in [-0.1, -0.05) is 0 Å². The Morgan fingerprint density at radius 3 is 2.53 bits per heavy atom. The van der Waals surface area contributed by atoms with Gasteiger partial charge in [0.1, 0.15) is 11.6 Å². The van der Waals surface area contributed by atoms with E-state index in [1.54, 1.807) is 0 Å². The standard InChI is InChI=1S/C7H11F3N6S/c8-7(9,10)17-2-1-13-4-3-5(16-12)15-6(11)14-4/h3H,1-2,12H2,(H4,11,13,14,15,16). The predicted molar refractivity (Wildman–Crippen MR) is 61.3 cm³/mol. The molecule has 1 aromatic rings. The number of anilines is 3. The smallest absolute Gasteiger partial charge is 0.369 e. The van der Waals surface area contributed by atoms with E-state index in [9.17, 15) is 13.2 Å². The van der Waals surface area contributed by atoms with Crippen LogP contribution in [0.5, 0.6) is 0 Å². The Morgan fingerprint density at radius 1 is 1.29 bits per heavy atom. The summed E-state index contributed by atoms with van der Waals surface area (Å²) >= 11 is -0.111. The minimum atomic E-state index is -4.23. The molecule has 96 valence electrons. The third-order valence-electron chi connectivity index (χ3n) is 1.57. The number of nitrogen functional groups attached to an aromatic ring is 2. The number of hydrazine groups is 1. The molecule has 1 heterocycles. The van der Waals surface area contributed by atoms with Gasteiger partial charge in [0.25, 0.3) is 0 Å². The molecule has 0 aliphatic heterocycles. The van der Waals surface area contributed by atoms with Crippen molar-refractivity contribution < 1.29 is 13.2 Å². The molecule has 0 aliphatic rings. The third-order valence-corrected chi connectivity index (χ3v) is 2.30. The van der Waals surface area contributed by atoms with E-state index in [0.717, 1.165) is 0 Å². The molecule has 0 aromatic carbocycles. The topological polar surface area (TPSA) is 102 Å². The molecule has 10 heteroatoms. The molecule has 6 N–H and O–H groups in total. The van der Waals surface area contributed by atoms with Gasteiger partial charge in [0.2, 0.25) is 5.95 Å². The lowest BCUT2D eigenvalue weighted by Gasteiger charge is -2.08. The lowest BCUT2D eigenvalue weighted by Crippen LogP contribution is -2.14. The molecule has 0 radical (unpaired) electrons. The van der Waals surface area contributed by atoms with Gasteiger partial charge in [-0.25, -0.2) is 5.84 Å². The van der Waals surface area contributed by atoms with Gasteiger partial charge in [-0.2, -0.15) is 23.1 Å². The van der Waals surface area contributed by atoms with Crippen molar-refractivity contribution in [3.8, 4) is 0 Å². The summed E-state index contributed by atoms with van der Waals surface area (Å²) in [5.41, 5.74) is 3.41. The lowest BCUT2D eigenvalue weighted by molar-refractivity contribution is -0.0327. The fourth-order valence-corrected chi connectivity index (χ4v) is 1.41. The highest BCUT2D eigenvalue weighted by molar-refractivity contribution is 8.00.